The van der Waals surface area contributed by atoms with E-state index < -0.39 is 5.92 Å². The van der Waals surface area contributed by atoms with Crippen molar-refractivity contribution in [2.75, 3.05) is 25.1 Å². The van der Waals surface area contributed by atoms with E-state index in [-0.39, 0.29) is 48.1 Å². The first-order valence-corrected chi connectivity index (χ1v) is 18.4. The SMILES string of the molecule is Cc1cc(C(=O)NC2CC3COCC(C2)N3)ncc1-c1ccc(C[C@H](CC(=O)C2CCC(CN)CC2)C(=O)Nc2ccc(-c3nn[nH]n3)cc2)cc1. The minimum absolute atomic E-state index is 0.0378. The number of carbonyl (C=O) groups is 3. The molecule has 4 heterocycles. The number of aromatic nitrogens is 5. The summed E-state index contributed by atoms with van der Waals surface area (Å²) in [5.41, 5.74) is 11.5. The third kappa shape index (κ3) is 8.60. The molecule has 1 aliphatic carbocycles. The number of nitrogens with zero attached hydrogens (tertiary/aromatic N) is 4. The van der Waals surface area contributed by atoms with E-state index in [0.29, 0.717) is 49.3 Å². The molecule has 13 heteroatoms. The second kappa shape index (κ2) is 16.2. The number of amides is 2. The molecular formula is C39H47N9O4. The molecule has 3 aliphatic rings. The Balaban J connectivity index is 1.01. The third-order valence-corrected chi connectivity index (χ3v) is 10.9. The van der Waals surface area contributed by atoms with E-state index in [0.717, 1.165) is 66.3 Å². The van der Waals surface area contributed by atoms with E-state index >= 15 is 0 Å². The number of aromatic amines is 1. The van der Waals surface area contributed by atoms with Crippen LogP contribution in [0.2, 0.25) is 0 Å². The molecule has 1 saturated carbocycles. The smallest absolute Gasteiger partial charge is 0.270 e. The van der Waals surface area contributed by atoms with Crippen LogP contribution < -0.4 is 21.7 Å². The predicted octanol–water partition coefficient (Wildman–Crippen LogP) is 4.01. The Morgan fingerprint density at radius 1 is 0.962 bits per heavy atom. The van der Waals surface area contributed by atoms with Gasteiger partial charge in [-0.25, -0.2) is 0 Å². The standard InChI is InChI=1S/C39H47N9O4/c1-23-14-35(39(51)44-31-17-32-21-52-22-33(18-31)42-32)41-20-34(23)26-6-2-24(3-7-26)15-29(16-36(49)27-8-4-25(19-40)5-9-27)38(50)43-30-12-10-28(11-13-30)37-45-47-48-46-37/h2-3,6-7,10-14,20,25,27,29,31-33,42H,4-5,8-9,15-19,21-22,40H2,1H3,(H,43,50)(H,44,51)(H,45,46,47,48)/t25?,27?,29-,31?,32?,33?/m1/s1. The number of H-pyrrole nitrogens is 1. The van der Waals surface area contributed by atoms with Crippen molar-refractivity contribution in [1.29, 1.82) is 0 Å². The second-order valence-corrected chi connectivity index (χ2v) is 14.6. The van der Waals surface area contributed by atoms with E-state index in [9.17, 15) is 14.4 Å². The quantitative estimate of drug-likeness (QED) is 0.144. The Morgan fingerprint density at radius 3 is 2.33 bits per heavy atom. The monoisotopic (exact) mass is 705 g/mol. The number of rotatable bonds is 12. The molecule has 3 fully saturated rings. The number of morpholine rings is 1. The molecule has 7 rings (SSSR count). The highest BCUT2D eigenvalue weighted by atomic mass is 16.5. The van der Waals surface area contributed by atoms with Crippen molar-refractivity contribution in [3.05, 3.63) is 77.6 Å². The van der Waals surface area contributed by atoms with Gasteiger partial charge in [-0.3, -0.25) is 19.4 Å². The Morgan fingerprint density at radius 2 is 1.67 bits per heavy atom. The molecule has 2 unspecified atom stereocenters. The third-order valence-electron chi connectivity index (χ3n) is 10.9. The summed E-state index contributed by atoms with van der Waals surface area (Å²) < 4.78 is 5.63. The minimum Gasteiger partial charge on any atom is -0.378 e. The Bertz CT molecular complexity index is 1830. The predicted molar refractivity (Wildman–Crippen MR) is 196 cm³/mol. The van der Waals surface area contributed by atoms with Crippen LogP contribution in [-0.4, -0.2) is 81.1 Å². The summed E-state index contributed by atoms with van der Waals surface area (Å²) in [6.45, 7) is 3.98. The number of carbonyl (C=O) groups excluding carboxylic acids is 3. The van der Waals surface area contributed by atoms with Crippen LogP contribution in [0.15, 0.2) is 60.8 Å². The van der Waals surface area contributed by atoms with Crippen molar-refractivity contribution in [1.82, 2.24) is 36.2 Å². The van der Waals surface area contributed by atoms with Crippen molar-refractivity contribution in [3.63, 3.8) is 0 Å². The molecule has 6 N–H and O–H groups in total. The molecular weight excluding hydrogens is 658 g/mol. The molecule has 3 atom stereocenters. The summed E-state index contributed by atoms with van der Waals surface area (Å²) in [6.07, 6.45) is 7.57. The number of hydrogen-bond donors (Lipinski definition) is 5. The first kappa shape index (κ1) is 35.5. The molecule has 2 aromatic carbocycles. The molecule has 2 amide bonds. The minimum atomic E-state index is -0.546. The van der Waals surface area contributed by atoms with Gasteiger partial charge in [0.1, 0.15) is 11.5 Å². The molecule has 2 bridgehead atoms. The zero-order chi connectivity index (χ0) is 36.0. The first-order chi connectivity index (χ1) is 25.3. The summed E-state index contributed by atoms with van der Waals surface area (Å²) >= 11 is 0. The number of tetrazole rings is 1. The second-order valence-electron chi connectivity index (χ2n) is 14.6. The number of nitrogens with two attached hydrogens (primary N) is 1. The van der Waals surface area contributed by atoms with E-state index in [1.165, 1.54) is 0 Å². The fourth-order valence-corrected chi connectivity index (χ4v) is 7.92. The number of piperidine rings is 1. The lowest BCUT2D eigenvalue weighted by Gasteiger charge is -2.40. The molecule has 0 spiro atoms. The number of nitrogens with one attached hydrogen (secondary N) is 4. The molecule has 4 aromatic rings. The van der Waals surface area contributed by atoms with Gasteiger partial charge >= 0.3 is 0 Å². The van der Waals surface area contributed by atoms with Crippen LogP contribution in [0.4, 0.5) is 5.69 Å². The molecule has 272 valence electrons. The summed E-state index contributed by atoms with van der Waals surface area (Å²) in [7, 11) is 0. The van der Waals surface area contributed by atoms with Crippen molar-refractivity contribution >= 4 is 23.3 Å². The average molecular weight is 706 g/mol. The number of pyridine rings is 1. The van der Waals surface area contributed by atoms with Crippen LogP contribution >= 0.6 is 0 Å². The van der Waals surface area contributed by atoms with E-state index in [1.54, 1.807) is 18.3 Å². The summed E-state index contributed by atoms with van der Waals surface area (Å²) in [5.74, 6) is 0.134. The maximum Gasteiger partial charge on any atom is 0.270 e. The van der Waals surface area contributed by atoms with Gasteiger partial charge in [-0.1, -0.05) is 24.3 Å². The number of hydrogen-bond acceptors (Lipinski definition) is 10. The number of anilines is 1. The maximum absolute atomic E-state index is 13.8. The fraction of sp³-hybridized carbons (Fsp3) is 0.462. The van der Waals surface area contributed by atoms with Gasteiger partial charge < -0.3 is 26.4 Å². The topological polar surface area (TPSA) is 190 Å². The number of fused-ring (bicyclic) bond motifs is 2. The van der Waals surface area contributed by atoms with Gasteiger partial charge in [0.05, 0.1) is 13.2 Å². The maximum atomic E-state index is 13.8. The van der Waals surface area contributed by atoms with E-state index in [4.69, 9.17) is 10.5 Å². The number of Topliss-reactive ketones (excluding diaryl/α,β-unsaturated/α-hetero) is 1. The van der Waals surface area contributed by atoms with Gasteiger partial charge in [0.2, 0.25) is 11.7 Å². The van der Waals surface area contributed by atoms with Crippen molar-refractivity contribution < 1.29 is 19.1 Å². The summed E-state index contributed by atoms with van der Waals surface area (Å²) in [5, 5.41) is 23.8. The largest absolute Gasteiger partial charge is 0.378 e. The van der Waals surface area contributed by atoms with Crippen LogP contribution in [0, 0.1) is 24.7 Å². The molecule has 52 heavy (non-hydrogen) atoms. The molecule has 2 aliphatic heterocycles. The zero-order valence-corrected chi connectivity index (χ0v) is 29.5. The van der Waals surface area contributed by atoms with Crippen LogP contribution in [0.1, 0.15) is 66.6 Å². The van der Waals surface area contributed by atoms with Crippen LogP contribution in [-0.2, 0) is 20.7 Å². The number of ketones is 1. The van der Waals surface area contributed by atoms with E-state index in [2.05, 4.69) is 41.6 Å². The Hall–Kier alpha value is -4.85. The van der Waals surface area contributed by atoms with Gasteiger partial charge in [0, 0.05) is 59.4 Å². The molecule has 13 nitrogen and oxygen atoms in total. The average Bonchev–Trinajstić information content (AvgIpc) is 3.70. The van der Waals surface area contributed by atoms with E-state index in [1.807, 2.05) is 49.4 Å². The van der Waals surface area contributed by atoms with Gasteiger partial charge in [0.15, 0.2) is 0 Å². The Kier molecular flexibility index (Phi) is 11.1. The Labute approximate surface area is 303 Å². The van der Waals surface area contributed by atoms with Crippen LogP contribution in [0.3, 0.4) is 0 Å². The molecule has 2 aromatic heterocycles. The lowest BCUT2D eigenvalue weighted by atomic mass is 9.77. The molecule has 0 radical (unpaired) electrons. The summed E-state index contributed by atoms with van der Waals surface area (Å²) in [4.78, 5) is 45.0. The lowest BCUT2D eigenvalue weighted by Crippen LogP contribution is -2.58. The van der Waals surface area contributed by atoms with Gasteiger partial charge in [-0.05, 0) is 117 Å². The van der Waals surface area contributed by atoms with Crippen molar-refractivity contribution in [2.24, 2.45) is 23.5 Å². The van der Waals surface area contributed by atoms with Gasteiger partial charge in [-0.15, -0.1) is 10.2 Å². The highest BCUT2D eigenvalue weighted by Gasteiger charge is 2.33. The van der Waals surface area contributed by atoms with Gasteiger partial charge in [-0.2, -0.15) is 5.21 Å². The van der Waals surface area contributed by atoms with Crippen molar-refractivity contribution in [3.8, 4) is 22.5 Å². The summed E-state index contributed by atoms with van der Waals surface area (Å²) in [6, 6.07) is 17.7. The number of ether oxygens (including phenoxy) is 1. The first-order valence-electron chi connectivity index (χ1n) is 18.4. The number of aryl methyl sites for hydroxylation is 1. The normalized spacial score (nSPS) is 23.4. The fourth-order valence-electron chi connectivity index (χ4n) is 7.92. The van der Waals surface area contributed by atoms with Gasteiger partial charge in [0.25, 0.3) is 5.91 Å². The lowest BCUT2D eigenvalue weighted by molar-refractivity contribution is -0.129. The van der Waals surface area contributed by atoms with Crippen molar-refractivity contribution in [2.45, 2.75) is 76.4 Å². The zero-order valence-electron chi connectivity index (χ0n) is 29.5. The highest BCUT2D eigenvalue weighted by molar-refractivity contribution is 5.96. The highest BCUT2D eigenvalue weighted by Crippen LogP contribution is 2.32. The molecule has 2 saturated heterocycles. The van der Waals surface area contributed by atoms with Crippen LogP contribution in [0.25, 0.3) is 22.5 Å². The van der Waals surface area contributed by atoms with Crippen LogP contribution in [0.5, 0.6) is 0 Å². The number of benzene rings is 2.